The van der Waals surface area contributed by atoms with Gasteiger partial charge in [-0.1, -0.05) is 28.7 Å². The molecule has 2 heteroatoms. The highest BCUT2D eigenvalue weighted by Gasteiger charge is 2.15. The van der Waals surface area contributed by atoms with E-state index in [0.717, 1.165) is 6.42 Å². The van der Waals surface area contributed by atoms with Crippen LogP contribution in [0.4, 0.5) is 0 Å². The van der Waals surface area contributed by atoms with E-state index in [4.69, 9.17) is 0 Å². The van der Waals surface area contributed by atoms with Crippen LogP contribution in [0.15, 0.2) is 17.3 Å². The van der Waals surface area contributed by atoms with Crippen LogP contribution >= 0.6 is 22.6 Å². The van der Waals surface area contributed by atoms with Gasteiger partial charge in [-0.2, -0.15) is 0 Å². The highest BCUT2D eigenvalue weighted by Crippen LogP contribution is 2.22. The molecule has 0 spiro atoms. The van der Waals surface area contributed by atoms with Crippen molar-refractivity contribution in [1.82, 2.24) is 0 Å². The van der Waals surface area contributed by atoms with Crippen molar-refractivity contribution in [2.24, 2.45) is 4.99 Å². The molecule has 1 aliphatic heterocycles. The molecule has 0 bridgehead atoms. The molecule has 1 aliphatic rings. The van der Waals surface area contributed by atoms with Gasteiger partial charge in [-0.05, 0) is 13.3 Å². The van der Waals surface area contributed by atoms with Crippen molar-refractivity contribution in [1.29, 1.82) is 0 Å². The molecular weight excluding hydrogens is 213 g/mol. The summed E-state index contributed by atoms with van der Waals surface area (Å²) in [5.74, 6) is 0. The van der Waals surface area contributed by atoms with Crippen molar-refractivity contribution in [2.45, 2.75) is 16.8 Å². The first-order chi connectivity index (χ1) is 3.71. The fourth-order valence-electron chi connectivity index (χ4n) is 0.595. The Morgan fingerprint density at radius 3 is 2.75 bits per heavy atom. The van der Waals surface area contributed by atoms with Gasteiger partial charge in [0.25, 0.3) is 0 Å². The first kappa shape index (κ1) is 6.26. The van der Waals surface area contributed by atoms with E-state index in [1.165, 1.54) is 0 Å². The highest BCUT2D eigenvalue weighted by atomic mass is 127. The second-order valence-corrected chi connectivity index (χ2v) is 4.61. The van der Waals surface area contributed by atoms with E-state index in [1.807, 2.05) is 12.4 Å². The quantitative estimate of drug-likeness (QED) is 0.439. The Hall–Kier alpha value is 0.140. The van der Waals surface area contributed by atoms with Crippen molar-refractivity contribution < 1.29 is 0 Å². The molecule has 44 valence electrons. The molecule has 0 N–H and O–H groups in total. The summed E-state index contributed by atoms with van der Waals surface area (Å²) in [5, 5.41) is 0. The van der Waals surface area contributed by atoms with Crippen molar-refractivity contribution in [3.05, 3.63) is 12.3 Å². The molecule has 0 amide bonds. The lowest BCUT2D eigenvalue weighted by Crippen LogP contribution is -2.17. The van der Waals surface area contributed by atoms with Crippen molar-refractivity contribution >= 4 is 28.8 Å². The molecule has 1 nitrogen and oxygen atoms in total. The summed E-state index contributed by atoms with van der Waals surface area (Å²) in [5.41, 5.74) is 0. The van der Waals surface area contributed by atoms with E-state index in [-0.39, 0.29) is 3.42 Å². The molecule has 0 radical (unpaired) electrons. The van der Waals surface area contributed by atoms with Gasteiger partial charge in [0.2, 0.25) is 0 Å². The van der Waals surface area contributed by atoms with Crippen LogP contribution in [0.1, 0.15) is 13.3 Å². The summed E-state index contributed by atoms with van der Waals surface area (Å²) < 4.78 is 0.270. The first-order valence-electron chi connectivity index (χ1n) is 2.59. The summed E-state index contributed by atoms with van der Waals surface area (Å²) in [6.45, 7) is 2.17. The molecule has 0 unspecified atom stereocenters. The normalized spacial score (nSPS) is 35.8. The van der Waals surface area contributed by atoms with Gasteiger partial charge in [-0.25, -0.2) is 0 Å². The summed E-state index contributed by atoms with van der Waals surface area (Å²) >= 11 is 2.39. The fourth-order valence-corrected chi connectivity index (χ4v) is 1.01. The zero-order valence-electron chi connectivity index (χ0n) is 4.76. The Labute approximate surface area is 63.0 Å². The van der Waals surface area contributed by atoms with Gasteiger partial charge in [-0.15, -0.1) is 0 Å². The van der Waals surface area contributed by atoms with E-state index < -0.39 is 0 Å². The van der Waals surface area contributed by atoms with E-state index in [9.17, 15) is 0 Å². The molecule has 0 aromatic heterocycles. The number of alkyl halides is 1. The van der Waals surface area contributed by atoms with Gasteiger partial charge in [0.15, 0.2) is 0 Å². The number of allylic oxidation sites excluding steroid dienone is 1. The Kier molecular flexibility index (Phi) is 1.70. The van der Waals surface area contributed by atoms with Gasteiger partial charge in [0, 0.05) is 12.4 Å². The average Bonchev–Trinajstić information content (AvgIpc) is 1.65. The maximum atomic E-state index is 4.02. The third-order valence-electron chi connectivity index (χ3n) is 1.05. The molecule has 0 saturated carbocycles. The fraction of sp³-hybridized carbons (Fsp3) is 0.500. The van der Waals surface area contributed by atoms with Crippen LogP contribution in [-0.4, -0.2) is 9.64 Å². The average molecular weight is 221 g/mol. The van der Waals surface area contributed by atoms with Crippen LogP contribution < -0.4 is 0 Å². The maximum absolute atomic E-state index is 4.02. The monoisotopic (exact) mass is 221 g/mol. The molecule has 1 rings (SSSR count). The maximum Gasteiger partial charge on any atom is 0.0580 e. The number of hydrogen-bond acceptors (Lipinski definition) is 1. The summed E-state index contributed by atoms with van der Waals surface area (Å²) in [6, 6.07) is 0. The zero-order chi connectivity index (χ0) is 6.04. The van der Waals surface area contributed by atoms with Crippen LogP contribution in [0.5, 0.6) is 0 Å². The van der Waals surface area contributed by atoms with Crippen LogP contribution in [0.2, 0.25) is 0 Å². The van der Waals surface area contributed by atoms with Gasteiger partial charge >= 0.3 is 0 Å². The molecule has 1 atom stereocenters. The van der Waals surface area contributed by atoms with Crippen molar-refractivity contribution in [3.63, 3.8) is 0 Å². The Morgan fingerprint density at radius 1 is 1.75 bits per heavy atom. The third kappa shape index (κ3) is 1.58. The third-order valence-corrected chi connectivity index (χ3v) is 1.77. The molecule has 0 saturated heterocycles. The second kappa shape index (κ2) is 2.17. The molecular formula is C6H8IN. The molecule has 8 heavy (non-hydrogen) atoms. The van der Waals surface area contributed by atoms with Crippen LogP contribution in [0, 0.1) is 0 Å². The summed E-state index contributed by atoms with van der Waals surface area (Å²) in [6.07, 6.45) is 7.03. The van der Waals surface area contributed by atoms with Crippen molar-refractivity contribution in [3.8, 4) is 0 Å². The van der Waals surface area contributed by atoms with Crippen LogP contribution in [-0.2, 0) is 0 Å². The van der Waals surface area contributed by atoms with Gasteiger partial charge in [-0.3, -0.25) is 4.99 Å². The number of halogens is 1. The second-order valence-electron chi connectivity index (χ2n) is 2.15. The Balaban J connectivity index is 2.65. The predicted octanol–water partition coefficient (Wildman–Crippen LogP) is 2.17. The number of hydrogen-bond donors (Lipinski definition) is 0. The highest BCUT2D eigenvalue weighted by molar-refractivity contribution is 14.1. The minimum Gasteiger partial charge on any atom is -0.268 e. The van der Waals surface area contributed by atoms with Crippen LogP contribution in [0.3, 0.4) is 0 Å². The summed E-state index contributed by atoms with van der Waals surface area (Å²) in [7, 11) is 0. The zero-order valence-corrected chi connectivity index (χ0v) is 6.92. The standard InChI is InChI=1S/C6H8IN/c1-6(7)3-2-4-8-5-6/h2,4-5H,3H2,1H3/t6-/m0/s1. The minimum absolute atomic E-state index is 0.270. The lowest BCUT2D eigenvalue weighted by molar-refractivity contribution is 0.891. The topological polar surface area (TPSA) is 12.4 Å². The van der Waals surface area contributed by atoms with Gasteiger partial charge in [0.05, 0.1) is 3.42 Å². The lowest BCUT2D eigenvalue weighted by atomic mass is 10.1. The minimum atomic E-state index is 0.270. The summed E-state index contributed by atoms with van der Waals surface area (Å²) in [4.78, 5) is 4.02. The predicted molar refractivity (Wildman–Crippen MR) is 44.7 cm³/mol. The lowest BCUT2D eigenvalue weighted by Gasteiger charge is -2.15. The van der Waals surface area contributed by atoms with E-state index in [0.29, 0.717) is 0 Å². The van der Waals surface area contributed by atoms with Crippen LogP contribution in [0.25, 0.3) is 0 Å². The van der Waals surface area contributed by atoms with Crippen molar-refractivity contribution in [2.75, 3.05) is 0 Å². The molecule has 1 heterocycles. The number of rotatable bonds is 0. The molecule has 0 aromatic carbocycles. The number of aliphatic imine (C=N–C) groups is 1. The molecule has 0 aromatic rings. The van der Waals surface area contributed by atoms with E-state index in [1.54, 1.807) is 0 Å². The largest absolute Gasteiger partial charge is 0.268 e. The van der Waals surface area contributed by atoms with Gasteiger partial charge in [0.1, 0.15) is 0 Å². The first-order valence-corrected chi connectivity index (χ1v) is 3.67. The molecule has 0 aliphatic carbocycles. The van der Waals surface area contributed by atoms with E-state index >= 15 is 0 Å². The van der Waals surface area contributed by atoms with Gasteiger partial charge < -0.3 is 0 Å². The number of nitrogens with zero attached hydrogens (tertiary/aromatic N) is 1. The van der Waals surface area contributed by atoms with E-state index in [2.05, 4.69) is 40.6 Å². The Morgan fingerprint density at radius 2 is 2.50 bits per heavy atom. The smallest absolute Gasteiger partial charge is 0.0580 e. The molecule has 0 fully saturated rings. The SMILES string of the molecule is C[C@@]1(I)C=NC=CC1. The Bertz CT molecular complexity index is 135.